The van der Waals surface area contributed by atoms with Gasteiger partial charge in [-0.3, -0.25) is 14.3 Å². The molecule has 0 radical (unpaired) electrons. The van der Waals surface area contributed by atoms with Crippen LogP contribution in [-0.4, -0.2) is 63.4 Å². The maximum atomic E-state index is 12.4. The molecule has 2 N–H and O–H groups in total. The number of rotatable bonds is 3. The van der Waals surface area contributed by atoms with Crippen molar-refractivity contribution >= 4 is 23.6 Å². The first-order valence-electron chi connectivity index (χ1n) is 8.51. The van der Waals surface area contributed by atoms with Gasteiger partial charge in [0.05, 0.1) is 17.8 Å². The summed E-state index contributed by atoms with van der Waals surface area (Å²) in [6, 6.07) is -0.271. The monoisotopic (exact) mass is 349 g/mol. The van der Waals surface area contributed by atoms with Crippen LogP contribution in [0.25, 0.3) is 0 Å². The van der Waals surface area contributed by atoms with E-state index >= 15 is 0 Å². The van der Waals surface area contributed by atoms with Gasteiger partial charge in [-0.2, -0.15) is 5.10 Å². The lowest BCUT2D eigenvalue weighted by atomic mass is 9.86. The summed E-state index contributed by atoms with van der Waals surface area (Å²) in [5.41, 5.74) is 0.736. The summed E-state index contributed by atoms with van der Waals surface area (Å²) in [7, 11) is 1.79. The number of carbonyl (C=O) groups is 3. The number of aryl methyl sites for hydroxylation is 1. The zero-order valence-electron chi connectivity index (χ0n) is 14.2. The van der Waals surface area contributed by atoms with Crippen molar-refractivity contribution in [1.29, 1.82) is 0 Å². The lowest BCUT2D eigenvalue weighted by molar-refractivity contribution is -0.142. The first-order valence-corrected chi connectivity index (χ1v) is 8.51. The molecule has 0 unspecified atom stereocenters. The van der Waals surface area contributed by atoms with Gasteiger partial charge in [-0.25, -0.2) is 4.79 Å². The minimum atomic E-state index is -0.762. The second kappa shape index (κ2) is 7.12. The molecule has 1 saturated heterocycles. The summed E-state index contributed by atoms with van der Waals surface area (Å²) in [4.78, 5) is 38.8. The lowest BCUT2D eigenvalue weighted by Gasteiger charge is -2.35. The Kier molecular flexibility index (Phi) is 4.91. The smallest absolute Gasteiger partial charge is 0.318 e. The van der Waals surface area contributed by atoms with E-state index in [-0.39, 0.29) is 30.4 Å². The average molecular weight is 349 g/mol. The number of hydrogen-bond acceptors (Lipinski definition) is 4. The summed E-state index contributed by atoms with van der Waals surface area (Å²) < 4.78 is 1.63. The third-order valence-corrected chi connectivity index (χ3v) is 4.91. The van der Waals surface area contributed by atoms with E-state index in [1.54, 1.807) is 29.0 Å². The maximum Gasteiger partial charge on any atom is 0.318 e. The van der Waals surface area contributed by atoms with E-state index in [4.69, 9.17) is 5.11 Å². The molecule has 1 aromatic heterocycles. The number of urea groups is 1. The highest BCUT2D eigenvalue weighted by Gasteiger charge is 2.31. The molecule has 2 aliphatic rings. The van der Waals surface area contributed by atoms with Crippen LogP contribution in [0.2, 0.25) is 0 Å². The first kappa shape index (κ1) is 17.2. The quantitative estimate of drug-likeness (QED) is 0.822. The van der Waals surface area contributed by atoms with E-state index in [1.807, 2.05) is 0 Å². The number of nitrogens with one attached hydrogen (secondary N) is 1. The number of carbonyl (C=O) groups excluding carboxylic acids is 2. The van der Waals surface area contributed by atoms with Crippen molar-refractivity contribution in [2.75, 3.05) is 24.5 Å². The number of anilines is 1. The van der Waals surface area contributed by atoms with E-state index in [0.717, 1.165) is 5.69 Å². The summed E-state index contributed by atoms with van der Waals surface area (Å²) in [5.74, 6) is -1.20. The Hall–Kier alpha value is -2.58. The van der Waals surface area contributed by atoms with Crippen LogP contribution in [0.15, 0.2) is 12.4 Å². The minimum absolute atomic E-state index is 0.0189. The Labute approximate surface area is 145 Å². The fourth-order valence-electron chi connectivity index (χ4n) is 3.42. The molecular weight excluding hydrogens is 326 g/mol. The van der Waals surface area contributed by atoms with Crippen LogP contribution >= 0.6 is 0 Å². The van der Waals surface area contributed by atoms with E-state index in [2.05, 4.69) is 10.4 Å². The summed E-state index contributed by atoms with van der Waals surface area (Å²) >= 11 is 0. The van der Waals surface area contributed by atoms with Gasteiger partial charge in [-0.05, 0) is 25.7 Å². The van der Waals surface area contributed by atoms with Crippen molar-refractivity contribution in [3.63, 3.8) is 0 Å². The van der Waals surface area contributed by atoms with Crippen LogP contribution in [0.1, 0.15) is 25.7 Å². The van der Waals surface area contributed by atoms with Crippen molar-refractivity contribution in [3.05, 3.63) is 12.4 Å². The molecule has 3 rings (SSSR count). The second-order valence-electron chi connectivity index (χ2n) is 6.68. The van der Waals surface area contributed by atoms with Gasteiger partial charge >= 0.3 is 12.0 Å². The molecule has 25 heavy (non-hydrogen) atoms. The van der Waals surface area contributed by atoms with Gasteiger partial charge < -0.3 is 20.2 Å². The number of piperazine rings is 1. The summed E-state index contributed by atoms with van der Waals surface area (Å²) in [6.07, 6.45) is 5.88. The highest BCUT2D eigenvalue weighted by molar-refractivity contribution is 5.97. The number of amides is 3. The van der Waals surface area contributed by atoms with Gasteiger partial charge in [-0.15, -0.1) is 0 Å². The van der Waals surface area contributed by atoms with Crippen molar-refractivity contribution < 1.29 is 19.5 Å². The highest BCUT2D eigenvalue weighted by atomic mass is 16.4. The van der Waals surface area contributed by atoms with Crippen LogP contribution in [0.5, 0.6) is 0 Å². The molecule has 2 fully saturated rings. The van der Waals surface area contributed by atoms with Crippen molar-refractivity contribution in [3.8, 4) is 0 Å². The Morgan fingerprint density at radius 3 is 2.52 bits per heavy atom. The molecule has 136 valence electrons. The molecule has 1 saturated carbocycles. The number of carboxylic acids is 1. The summed E-state index contributed by atoms with van der Waals surface area (Å²) in [6.45, 7) is 0.922. The lowest BCUT2D eigenvalue weighted by Crippen LogP contribution is -2.56. The van der Waals surface area contributed by atoms with Gasteiger partial charge in [-0.1, -0.05) is 0 Å². The normalized spacial score (nSPS) is 24.3. The molecule has 9 heteroatoms. The Bertz CT molecular complexity index is 665. The third-order valence-electron chi connectivity index (χ3n) is 4.91. The van der Waals surface area contributed by atoms with Crippen molar-refractivity contribution in [1.82, 2.24) is 20.0 Å². The molecule has 2 heterocycles. The largest absolute Gasteiger partial charge is 0.481 e. The SMILES string of the molecule is Cn1cc(N2CCN(C(=O)NC3CCC(C(=O)O)CC3)CC2=O)cn1. The topological polar surface area (TPSA) is 108 Å². The zero-order valence-corrected chi connectivity index (χ0v) is 14.2. The number of hydrogen-bond donors (Lipinski definition) is 2. The van der Waals surface area contributed by atoms with E-state index in [9.17, 15) is 14.4 Å². The Morgan fingerprint density at radius 2 is 1.96 bits per heavy atom. The third kappa shape index (κ3) is 3.92. The molecular formula is C16H23N5O4. The fraction of sp³-hybridized carbons (Fsp3) is 0.625. The molecule has 0 spiro atoms. The molecule has 1 aromatic rings. The van der Waals surface area contributed by atoms with Crippen LogP contribution in [0.3, 0.4) is 0 Å². The molecule has 3 amide bonds. The molecule has 1 aliphatic heterocycles. The summed E-state index contributed by atoms with van der Waals surface area (Å²) in [5, 5.41) is 16.0. The molecule has 1 aliphatic carbocycles. The van der Waals surface area contributed by atoms with Gasteiger partial charge in [0.2, 0.25) is 5.91 Å². The van der Waals surface area contributed by atoms with Crippen LogP contribution in [0, 0.1) is 5.92 Å². The van der Waals surface area contributed by atoms with Crippen LogP contribution < -0.4 is 10.2 Å². The standard InChI is InChI=1S/C16H23N5O4/c1-19-9-13(8-17-19)21-7-6-20(10-14(21)22)16(25)18-12-4-2-11(3-5-12)15(23)24/h8-9,11-12H,2-7,10H2,1H3,(H,18,25)(H,23,24). The predicted octanol–water partition coefficient (Wildman–Crippen LogP) is 0.422. The Balaban J connectivity index is 1.50. The molecule has 0 aromatic carbocycles. The molecule has 0 bridgehead atoms. The predicted molar refractivity (Wildman–Crippen MR) is 89.0 cm³/mol. The fourth-order valence-corrected chi connectivity index (χ4v) is 3.42. The number of aromatic nitrogens is 2. The Morgan fingerprint density at radius 1 is 1.24 bits per heavy atom. The van der Waals surface area contributed by atoms with E-state index < -0.39 is 5.97 Å². The molecule has 9 nitrogen and oxygen atoms in total. The van der Waals surface area contributed by atoms with Crippen molar-refractivity contribution in [2.24, 2.45) is 13.0 Å². The maximum absolute atomic E-state index is 12.4. The van der Waals surface area contributed by atoms with Crippen LogP contribution in [0.4, 0.5) is 10.5 Å². The van der Waals surface area contributed by atoms with E-state index in [0.29, 0.717) is 38.8 Å². The van der Waals surface area contributed by atoms with Gasteiger partial charge in [0.1, 0.15) is 6.54 Å². The first-order chi connectivity index (χ1) is 11.9. The average Bonchev–Trinajstić information content (AvgIpc) is 3.01. The van der Waals surface area contributed by atoms with E-state index in [1.165, 1.54) is 4.90 Å². The van der Waals surface area contributed by atoms with Gasteiger partial charge in [0.15, 0.2) is 0 Å². The number of aliphatic carboxylic acids is 1. The highest BCUT2D eigenvalue weighted by Crippen LogP contribution is 2.24. The number of nitrogens with zero attached hydrogens (tertiary/aromatic N) is 4. The van der Waals surface area contributed by atoms with Crippen LogP contribution in [-0.2, 0) is 16.6 Å². The van der Waals surface area contributed by atoms with Gasteiger partial charge in [0.25, 0.3) is 0 Å². The van der Waals surface area contributed by atoms with Gasteiger partial charge in [0, 0.05) is 32.4 Å². The minimum Gasteiger partial charge on any atom is -0.481 e. The zero-order chi connectivity index (χ0) is 18.0. The van der Waals surface area contributed by atoms with Crippen molar-refractivity contribution in [2.45, 2.75) is 31.7 Å². The number of carboxylic acid groups (broad SMARTS) is 1. The molecule has 0 atom stereocenters. The second-order valence-corrected chi connectivity index (χ2v) is 6.68.